The van der Waals surface area contributed by atoms with Crippen molar-refractivity contribution in [2.24, 2.45) is 0 Å². The Hall–Kier alpha value is -1.61. The lowest BCUT2D eigenvalue weighted by molar-refractivity contribution is 0.577. The Morgan fingerprint density at radius 1 is 0.909 bits per heavy atom. The Balaban J connectivity index is 2.39. The first kappa shape index (κ1) is 16.8. The highest BCUT2D eigenvalue weighted by atomic mass is 35.5. The molecule has 118 valence electrons. The summed E-state index contributed by atoms with van der Waals surface area (Å²) in [4.78, 5) is -0.436. The van der Waals surface area contributed by atoms with Crippen molar-refractivity contribution in [3.8, 4) is 0 Å². The molecule has 3 N–H and O–H groups in total. The summed E-state index contributed by atoms with van der Waals surface area (Å²) in [6, 6.07) is 9.12. The molecule has 9 heteroatoms. The third-order valence-electron chi connectivity index (χ3n) is 2.90. The molecule has 0 bridgehead atoms. The van der Waals surface area contributed by atoms with E-state index in [-0.39, 0.29) is 15.5 Å². The van der Waals surface area contributed by atoms with Crippen molar-refractivity contribution in [2.75, 3.05) is 5.73 Å². The van der Waals surface area contributed by atoms with Crippen LogP contribution >= 0.6 is 11.6 Å². The van der Waals surface area contributed by atoms with E-state index in [0.717, 1.165) is 0 Å². The molecule has 0 radical (unpaired) electrons. The number of hydrogen-bond acceptors (Lipinski definition) is 5. The fourth-order valence-corrected chi connectivity index (χ4v) is 4.72. The molecule has 0 unspecified atom stereocenters. The van der Waals surface area contributed by atoms with E-state index < -0.39 is 20.0 Å². The lowest BCUT2D eigenvalue weighted by atomic mass is 10.2. The molecule has 0 amide bonds. The lowest BCUT2D eigenvalue weighted by Crippen LogP contribution is -2.30. The van der Waals surface area contributed by atoms with Crippen LogP contribution < -0.4 is 9.86 Å². The van der Waals surface area contributed by atoms with E-state index in [1.165, 1.54) is 42.5 Å². The highest BCUT2D eigenvalue weighted by molar-refractivity contribution is 8.04. The maximum Gasteiger partial charge on any atom is 0.253 e. The molecular weight excluding hydrogens is 348 g/mol. The molecule has 2 rings (SSSR count). The summed E-state index contributed by atoms with van der Waals surface area (Å²) in [6.07, 6.45) is 0. The zero-order valence-corrected chi connectivity index (χ0v) is 13.8. The summed E-state index contributed by atoms with van der Waals surface area (Å²) in [6.45, 7) is 1.71. The first-order chi connectivity index (χ1) is 10.1. The van der Waals surface area contributed by atoms with Crippen molar-refractivity contribution in [3.63, 3.8) is 0 Å². The van der Waals surface area contributed by atoms with Gasteiger partial charge in [0.25, 0.3) is 20.0 Å². The predicted octanol–water partition coefficient (Wildman–Crippen LogP) is 1.90. The normalized spacial score (nSPS) is 12.3. The van der Waals surface area contributed by atoms with E-state index in [1.54, 1.807) is 11.1 Å². The second kappa shape index (κ2) is 5.88. The summed E-state index contributed by atoms with van der Waals surface area (Å²) in [5.41, 5.74) is 6.60. The molecule has 2 aromatic carbocycles. The van der Waals surface area contributed by atoms with Crippen molar-refractivity contribution < 1.29 is 16.8 Å². The van der Waals surface area contributed by atoms with Gasteiger partial charge in [-0.3, -0.25) is 0 Å². The number of hydrogen-bond donors (Lipinski definition) is 2. The molecular formula is C13H13ClN2O4S2. The van der Waals surface area contributed by atoms with Crippen LogP contribution in [-0.4, -0.2) is 16.8 Å². The molecule has 0 aromatic heterocycles. The monoisotopic (exact) mass is 360 g/mol. The van der Waals surface area contributed by atoms with Crippen molar-refractivity contribution in [2.45, 2.75) is 16.7 Å². The molecule has 0 aliphatic rings. The van der Waals surface area contributed by atoms with Crippen LogP contribution in [0.15, 0.2) is 52.3 Å². The summed E-state index contributed by atoms with van der Waals surface area (Å²) in [7, 11) is -8.51. The maximum atomic E-state index is 12.2. The molecule has 0 atom stereocenters. The van der Waals surface area contributed by atoms with E-state index in [0.29, 0.717) is 10.6 Å². The summed E-state index contributed by atoms with van der Waals surface area (Å²) in [5, 5.41) is 0.341. The van der Waals surface area contributed by atoms with Crippen LogP contribution in [0.1, 0.15) is 5.56 Å². The van der Waals surface area contributed by atoms with Crippen LogP contribution in [0.3, 0.4) is 0 Å². The number of sulfonamides is 2. The number of nitrogens with two attached hydrogens (primary N) is 1. The largest absolute Gasteiger partial charge is 0.398 e. The fourth-order valence-electron chi connectivity index (χ4n) is 1.64. The van der Waals surface area contributed by atoms with E-state index in [1.807, 2.05) is 0 Å². The second-order valence-corrected chi connectivity index (χ2v) is 8.62. The standard InChI is InChI=1S/C13H13ClN2O4S2/c1-9-2-5-12(8-13(9)15)22(19,20)16-21(17,18)11-6-3-10(14)4-7-11/h2-8,16H,15H2,1H3. The lowest BCUT2D eigenvalue weighted by Gasteiger charge is -2.09. The number of benzene rings is 2. The Morgan fingerprint density at radius 2 is 1.41 bits per heavy atom. The van der Waals surface area contributed by atoms with E-state index in [9.17, 15) is 16.8 Å². The molecule has 0 saturated carbocycles. The summed E-state index contributed by atoms with van der Waals surface area (Å²) in [5.74, 6) is 0. The van der Waals surface area contributed by atoms with Crippen LogP contribution in [0, 0.1) is 6.92 Å². The van der Waals surface area contributed by atoms with Gasteiger partial charge in [-0.05, 0) is 48.9 Å². The van der Waals surface area contributed by atoms with Gasteiger partial charge in [0.15, 0.2) is 0 Å². The van der Waals surface area contributed by atoms with Crippen LogP contribution in [0.5, 0.6) is 0 Å². The van der Waals surface area contributed by atoms with Crippen LogP contribution in [-0.2, 0) is 20.0 Å². The SMILES string of the molecule is Cc1ccc(S(=O)(=O)NS(=O)(=O)c2ccc(Cl)cc2)cc1N. The predicted molar refractivity (Wildman–Crippen MR) is 84.6 cm³/mol. The maximum absolute atomic E-state index is 12.2. The minimum atomic E-state index is -4.27. The molecule has 0 aliphatic carbocycles. The molecule has 0 aliphatic heterocycles. The van der Waals surface area contributed by atoms with Gasteiger partial charge in [-0.2, -0.15) is 0 Å². The highest BCUT2D eigenvalue weighted by Gasteiger charge is 2.24. The summed E-state index contributed by atoms with van der Waals surface area (Å²) >= 11 is 5.68. The van der Waals surface area contributed by atoms with Gasteiger partial charge in [-0.1, -0.05) is 17.7 Å². The second-order valence-electron chi connectivity index (χ2n) is 4.56. The Labute approximate surface area is 134 Å². The minimum Gasteiger partial charge on any atom is -0.398 e. The third-order valence-corrected chi connectivity index (χ3v) is 6.68. The smallest absolute Gasteiger partial charge is 0.253 e. The van der Waals surface area contributed by atoms with Crippen LogP contribution in [0.25, 0.3) is 0 Å². The van der Waals surface area contributed by atoms with Crippen molar-refractivity contribution in [1.82, 2.24) is 4.13 Å². The van der Waals surface area contributed by atoms with Crippen LogP contribution in [0.4, 0.5) is 5.69 Å². The molecule has 0 fully saturated rings. The van der Waals surface area contributed by atoms with Gasteiger partial charge >= 0.3 is 0 Å². The Kier molecular flexibility index (Phi) is 4.48. The Morgan fingerprint density at radius 3 is 1.95 bits per heavy atom. The fraction of sp³-hybridized carbons (Fsp3) is 0.0769. The number of rotatable bonds is 4. The van der Waals surface area contributed by atoms with Gasteiger partial charge in [0.05, 0.1) is 9.79 Å². The molecule has 0 saturated heterocycles. The van der Waals surface area contributed by atoms with Gasteiger partial charge in [0.2, 0.25) is 0 Å². The average Bonchev–Trinajstić information content (AvgIpc) is 2.41. The van der Waals surface area contributed by atoms with Gasteiger partial charge < -0.3 is 5.73 Å². The van der Waals surface area contributed by atoms with Gasteiger partial charge in [-0.15, -0.1) is 4.13 Å². The van der Waals surface area contributed by atoms with Crippen molar-refractivity contribution in [1.29, 1.82) is 0 Å². The number of aryl methyl sites for hydroxylation is 1. The minimum absolute atomic E-state index is 0.208. The number of nitrogens with one attached hydrogen (secondary N) is 1. The van der Waals surface area contributed by atoms with E-state index >= 15 is 0 Å². The quantitative estimate of drug-likeness (QED) is 0.810. The highest BCUT2D eigenvalue weighted by Crippen LogP contribution is 2.19. The van der Waals surface area contributed by atoms with E-state index in [4.69, 9.17) is 17.3 Å². The van der Waals surface area contributed by atoms with Gasteiger partial charge in [0.1, 0.15) is 0 Å². The molecule has 0 spiro atoms. The molecule has 0 heterocycles. The first-order valence-corrected chi connectivity index (χ1v) is 9.36. The van der Waals surface area contributed by atoms with Gasteiger partial charge in [0, 0.05) is 10.7 Å². The van der Waals surface area contributed by atoms with Crippen LogP contribution in [0.2, 0.25) is 5.02 Å². The number of anilines is 1. The molecule has 22 heavy (non-hydrogen) atoms. The number of halogens is 1. The zero-order chi connectivity index (χ0) is 16.5. The first-order valence-electron chi connectivity index (χ1n) is 6.02. The van der Waals surface area contributed by atoms with Gasteiger partial charge in [-0.25, -0.2) is 16.8 Å². The van der Waals surface area contributed by atoms with Crippen molar-refractivity contribution >= 4 is 37.3 Å². The topological polar surface area (TPSA) is 106 Å². The Bertz CT molecular complexity index is 908. The third kappa shape index (κ3) is 3.58. The zero-order valence-electron chi connectivity index (χ0n) is 11.4. The molecule has 6 nitrogen and oxygen atoms in total. The van der Waals surface area contributed by atoms with E-state index in [2.05, 4.69) is 0 Å². The van der Waals surface area contributed by atoms with Crippen molar-refractivity contribution in [3.05, 3.63) is 53.1 Å². The summed E-state index contributed by atoms with van der Waals surface area (Å²) < 4.78 is 50.3. The number of nitrogen functional groups attached to an aromatic ring is 1. The average molecular weight is 361 g/mol. The molecule has 2 aromatic rings.